The normalized spacial score (nSPS) is 11.0. The zero-order chi connectivity index (χ0) is 13.1. The number of anilines is 1. The van der Waals surface area contributed by atoms with E-state index < -0.39 is 11.7 Å². The topological polar surface area (TPSA) is 84.6 Å². The van der Waals surface area contributed by atoms with Crippen molar-refractivity contribution in [2.45, 2.75) is 32.9 Å². The number of phenolic OH excluding ortho intramolecular Hbond substituents is 1. The van der Waals surface area contributed by atoms with Crippen molar-refractivity contribution in [3.05, 3.63) is 23.8 Å². The molecule has 0 bridgehead atoms. The highest BCUT2D eigenvalue weighted by atomic mass is 16.6. The van der Waals surface area contributed by atoms with E-state index in [1.807, 2.05) is 0 Å². The molecule has 5 heteroatoms. The minimum Gasteiger partial charge on any atom is -0.506 e. The molecule has 0 unspecified atom stereocenters. The van der Waals surface area contributed by atoms with Gasteiger partial charge in [-0.3, -0.25) is 0 Å². The van der Waals surface area contributed by atoms with Gasteiger partial charge in [0.25, 0.3) is 0 Å². The Morgan fingerprint density at radius 3 is 2.65 bits per heavy atom. The molecule has 1 aromatic carbocycles. The van der Waals surface area contributed by atoms with E-state index in [0.717, 1.165) is 5.56 Å². The Kier molecular flexibility index (Phi) is 3.83. The first-order valence-corrected chi connectivity index (χ1v) is 5.32. The number of carbonyl (C=O) groups excluding carboxylic acids is 1. The fourth-order valence-corrected chi connectivity index (χ4v) is 1.20. The van der Waals surface area contributed by atoms with Crippen LogP contribution in [-0.4, -0.2) is 16.8 Å². The largest absolute Gasteiger partial charge is 0.506 e. The molecule has 1 amide bonds. The zero-order valence-electron chi connectivity index (χ0n) is 10.3. The van der Waals surface area contributed by atoms with Crippen LogP contribution in [0.15, 0.2) is 18.2 Å². The molecule has 0 spiro atoms. The van der Waals surface area contributed by atoms with Gasteiger partial charge < -0.3 is 20.9 Å². The number of nitrogens with two attached hydrogens (primary N) is 1. The molecule has 0 fully saturated rings. The Hall–Kier alpha value is -1.91. The summed E-state index contributed by atoms with van der Waals surface area (Å²) in [5.41, 5.74) is 6.10. The maximum Gasteiger partial charge on any atom is 0.407 e. The predicted octanol–water partition coefficient (Wildman–Crippen LogP) is 2.00. The van der Waals surface area contributed by atoms with Crippen molar-refractivity contribution in [3.8, 4) is 5.75 Å². The molecule has 0 radical (unpaired) electrons. The van der Waals surface area contributed by atoms with Gasteiger partial charge in [0.15, 0.2) is 0 Å². The summed E-state index contributed by atoms with van der Waals surface area (Å²) in [6.45, 7) is 5.70. The maximum absolute atomic E-state index is 11.4. The van der Waals surface area contributed by atoms with E-state index in [1.165, 1.54) is 6.07 Å². The molecular weight excluding hydrogens is 220 g/mol. The van der Waals surface area contributed by atoms with Crippen molar-refractivity contribution < 1.29 is 14.6 Å². The van der Waals surface area contributed by atoms with E-state index >= 15 is 0 Å². The Labute approximate surface area is 101 Å². The molecule has 94 valence electrons. The number of hydrogen-bond acceptors (Lipinski definition) is 4. The fraction of sp³-hybridized carbons (Fsp3) is 0.417. The second-order valence-electron chi connectivity index (χ2n) is 4.75. The fourth-order valence-electron chi connectivity index (χ4n) is 1.20. The second kappa shape index (κ2) is 4.95. The third-order valence-electron chi connectivity index (χ3n) is 1.93. The van der Waals surface area contributed by atoms with Crippen molar-refractivity contribution in [2.75, 3.05) is 5.73 Å². The Morgan fingerprint density at radius 2 is 2.12 bits per heavy atom. The van der Waals surface area contributed by atoms with E-state index in [4.69, 9.17) is 10.5 Å². The van der Waals surface area contributed by atoms with Gasteiger partial charge in [0.05, 0.1) is 5.69 Å². The van der Waals surface area contributed by atoms with Gasteiger partial charge in [-0.25, -0.2) is 4.79 Å². The quantitative estimate of drug-likeness (QED) is 0.543. The van der Waals surface area contributed by atoms with Crippen LogP contribution in [-0.2, 0) is 11.3 Å². The number of nitrogens with one attached hydrogen (secondary N) is 1. The number of nitrogen functional groups attached to an aromatic ring is 1. The molecule has 0 atom stereocenters. The van der Waals surface area contributed by atoms with Gasteiger partial charge in [0.2, 0.25) is 0 Å². The molecule has 1 aromatic rings. The number of hydrogen-bond donors (Lipinski definition) is 3. The predicted molar refractivity (Wildman–Crippen MR) is 65.6 cm³/mol. The molecule has 0 saturated heterocycles. The third kappa shape index (κ3) is 4.63. The van der Waals surface area contributed by atoms with Gasteiger partial charge in [-0.15, -0.1) is 0 Å². The van der Waals surface area contributed by atoms with Crippen LogP contribution in [0.3, 0.4) is 0 Å². The summed E-state index contributed by atoms with van der Waals surface area (Å²) < 4.78 is 5.08. The number of alkyl carbamates (subject to hydrolysis) is 1. The summed E-state index contributed by atoms with van der Waals surface area (Å²) >= 11 is 0. The van der Waals surface area contributed by atoms with Crippen LogP contribution < -0.4 is 11.1 Å². The lowest BCUT2D eigenvalue weighted by Crippen LogP contribution is -2.32. The molecule has 4 N–H and O–H groups in total. The van der Waals surface area contributed by atoms with Gasteiger partial charge in [0, 0.05) is 6.54 Å². The maximum atomic E-state index is 11.4. The van der Waals surface area contributed by atoms with Crippen LogP contribution in [0.4, 0.5) is 10.5 Å². The van der Waals surface area contributed by atoms with Crippen molar-refractivity contribution in [1.82, 2.24) is 5.32 Å². The average molecular weight is 238 g/mol. The molecule has 0 heterocycles. The lowest BCUT2D eigenvalue weighted by atomic mass is 10.2. The minimum absolute atomic E-state index is 0.0334. The van der Waals surface area contributed by atoms with E-state index in [1.54, 1.807) is 32.9 Å². The first-order valence-electron chi connectivity index (χ1n) is 5.32. The highest BCUT2D eigenvalue weighted by Crippen LogP contribution is 2.20. The van der Waals surface area contributed by atoms with Crippen molar-refractivity contribution >= 4 is 11.8 Å². The van der Waals surface area contributed by atoms with E-state index in [9.17, 15) is 9.90 Å². The first-order chi connectivity index (χ1) is 7.78. The molecular formula is C12H18N2O3. The van der Waals surface area contributed by atoms with Gasteiger partial charge in [-0.05, 0) is 38.5 Å². The molecule has 0 aliphatic carbocycles. The van der Waals surface area contributed by atoms with Crippen LogP contribution in [0.25, 0.3) is 0 Å². The summed E-state index contributed by atoms with van der Waals surface area (Å²) in [7, 11) is 0. The van der Waals surface area contributed by atoms with Gasteiger partial charge in [-0.1, -0.05) is 6.07 Å². The number of phenols is 1. The van der Waals surface area contributed by atoms with Gasteiger partial charge >= 0.3 is 6.09 Å². The molecule has 5 nitrogen and oxygen atoms in total. The molecule has 0 aliphatic heterocycles. The highest BCUT2D eigenvalue weighted by Gasteiger charge is 2.15. The summed E-state index contributed by atoms with van der Waals surface area (Å²) in [5, 5.41) is 11.8. The highest BCUT2D eigenvalue weighted by molar-refractivity contribution is 5.67. The third-order valence-corrected chi connectivity index (χ3v) is 1.93. The average Bonchev–Trinajstić information content (AvgIpc) is 2.17. The van der Waals surface area contributed by atoms with Crippen LogP contribution in [0.1, 0.15) is 26.3 Å². The summed E-state index contributed by atoms with van der Waals surface area (Å²) in [5.74, 6) is 0.0334. The second-order valence-corrected chi connectivity index (χ2v) is 4.75. The van der Waals surface area contributed by atoms with Crippen molar-refractivity contribution in [1.29, 1.82) is 0 Å². The van der Waals surface area contributed by atoms with Crippen LogP contribution in [0.5, 0.6) is 5.75 Å². The number of benzene rings is 1. The van der Waals surface area contributed by atoms with Crippen molar-refractivity contribution in [2.24, 2.45) is 0 Å². The monoisotopic (exact) mass is 238 g/mol. The smallest absolute Gasteiger partial charge is 0.407 e. The summed E-state index contributed by atoms with van der Waals surface area (Å²) in [4.78, 5) is 11.4. The van der Waals surface area contributed by atoms with Crippen LogP contribution >= 0.6 is 0 Å². The van der Waals surface area contributed by atoms with E-state index in [2.05, 4.69) is 5.32 Å². The number of amides is 1. The number of ether oxygens (including phenoxy) is 1. The van der Waals surface area contributed by atoms with E-state index in [-0.39, 0.29) is 11.4 Å². The van der Waals surface area contributed by atoms with E-state index in [0.29, 0.717) is 6.54 Å². The van der Waals surface area contributed by atoms with Gasteiger partial charge in [0.1, 0.15) is 11.4 Å². The Balaban J connectivity index is 2.50. The standard InChI is InChI=1S/C12H18N2O3/c1-12(2,3)17-11(16)14-7-8-4-5-10(15)9(13)6-8/h4-6,15H,7,13H2,1-3H3,(H,14,16). The SMILES string of the molecule is CC(C)(C)OC(=O)NCc1ccc(O)c(N)c1. The molecule has 1 rings (SSSR count). The molecule has 0 saturated carbocycles. The van der Waals surface area contributed by atoms with Gasteiger partial charge in [-0.2, -0.15) is 0 Å². The number of rotatable bonds is 2. The lowest BCUT2D eigenvalue weighted by Gasteiger charge is -2.19. The molecule has 0 aliphatic rings. The minimum atomic E-state index is -0.516. The summed E-state index contributed by atoms with van der Waals surface area (Å²) in [6.07, 6.45) is -0.482. The zero-order valence-corrected chi connectivity index (χ0v) is 10.3. The Bertz CT molecular complexity index is 411. The van der Waals surface area contributed by atoms with Crippen molar-refractivity contribution in [3.63, 3.8) is 0 Å². The molecule has 0 aromatic heterocycles. The first kappa shape index (κ1) is 13.2. The van der Waals surface area contributed by atoms with Crippen LogP contribution in [0, 0.1) is 0 Å². The van der Waals surface area contributed by atoms with Crippen LogP contribution in [0.2, 0.25) is 0 Å². The Morgan fingerprint density at radius 1 is 1.47 bits per heavy atom. The molecule has 17 heavy (non-hydrogen) atoms. The number of aromatic hydroxyl groups is 1. The summed E-state index contributed by atoms with van der Waals surface area (Å²) in [6, 6.07) is 4.78. The lowest BCUT2D eigenvalue weighted by molar-refractivity contribution is 0.0523. The number of carbonyl (C=O) groups is 1.